The summed E-state index contributed by atoms with van der Waals surface area (Å²) in [5.74, 6) is 0.136. The zero-order valence-electron chi connectivity index (χ0n) is 12.8. The van der Waals surface area contributed by atoms with E-state index in [2.05, 4.69) is 23.7 Å². The van der Waals surface area contributed by atoms with Crippen molar-refractivity contribution in [3.05, 3.63) is 11.1 Å². The van der Waals surface area contributed by atoms with Crippen molar-refractivity contribution < 1.29 is 4.79 Å². The van der Waals surface area contributed by atoms with Crippen LogP contribution in [-0.2, 0) is 11.2 Å². The van der Waals surface area contributed by atoms with Crippen LogP contribution < -0.4 is 5.73 Å². The molecule has 0 saturated heterocycles. The van der Waals surface area contributed by atoms with Crippen molar-refractivity contribution in [3.63, 3.8) is 0 Å². The molecule has 114 valence electrons. The molecule has 0 radical (unpaired) electrons. The second-order valence-electron chi connectivity index (χ2n) is 4.71. The number of nitrogens with two attached hydrogens (primary N) is 1. The Morgan fingerprint density at radius 2 is 1.95 bits per heavy atom. The van der Waals surface area contributed by atoms with E-state index in [0.717, 1.165) is 44.8 Å². The number of carbonyl (C=O) groups excluding carboxylic acids is 1. The summed E-state index contributed by atoms with van der Waals surface area (Å²) in [5, 5.41) is 2.38. The van der Waals surface area contributed by atoms with E-state index >= 15 is 0 Å². The third-order valence-corrected chi connectivity index (χ3v) is 4.16. The van der Waals surface area contributed by atoms with Crippen LogP contribution in [0.25, 0.3) is 0 Å². The van der Waals surface area contributed by atoms with E-state index in [9.17, 15) is 4.79 Å². The molecule has 0 saturated carbocycles. The van der Waals surface area contributed by atoms with Gasteiger partial charge in [0.1, 0.15) is 0 Å². The lowest BCUT2D eigenvalue weighted by molar-refractivity contribution is -0.130. The van der Waals surface area contributed by atoms with E-state index in [0.29, 0.717) is 11.6 Å². The molecule has 20 heavy (non-hydrogen) atoms. The number of likely N-dealkylation sites (N-methyl/N-ethyl adjacent to an activating group) is 1. The topological polar surface area (TPSA) is 62.5 Å². The smallest absolute Gasteiger partial charge is 0.228 e. The molecular weight excluding hydrogens is 272 g/mol. The molecule has 6 heteroatoms. The molecule has 0 aromatic carbocycles. The maximum absolute atomic E-state index is 12.2. The molecule has 5 nitrogen and oxygen atoms in total. The van der Waals surface area contributed by atoms with Gasteiger partial charge in [0.2, 0.25) is 5.91 Å². The molecule has 0 bridgehead atoms. The second kappa shape index (κ2) is 8.92. The monoisotopic (exact) mass is 298 g/mol. The summed E-state index contributed by atoms with van der Waals surface area (Å²) in [6, 6.07) is 0. The molecule has 1 amide bonds. The van der Waals surface area contributed by atoms with Gasteiger partial charge in [0.05, 0.1) is 12.1 Å². The van der Waals surface area contributed by atoms with Crippen molar-refractivity contribution in [1.29, 1.82) is 0 Å². The van der Waals surface area contributed by atoms with Crippen LogP contribution in [-0.4, -0.2) is 53.4 Å². The predicted octanol–water partition coefficient (Wildman–Crippen LogP) is 1.85. The van der Waals surface area contributed by atoms with E-state index in [-0.39, 0.29) is 5.91 Å². The Morgan fingerprint density at radius 1 is 1.25 bits per heavy atom. The van der Waals surface area contributed by atoms with Gasteiger partial charge < -0.3 is 15.5 Å². The van der Waals surface area contributed by atoms with Gasteiger partial charge in [-0.15, -0.1) is 11.3 Å². The summed E-state index contributed by atoms with van der Waals surface area (Å²) >= 11 is 1.38. The number of hydrogen-bond acceptors (Lipinski definition) is 5. The number of nitrogen functional groups attached to an aromatic ring is 1. The summed E-state index contributed by atoms with van der Waals surface area (Å²) in [6.45, 7) is 11.1. The van der Waals surface area contributed by atoms with Gasteiger partial charge in [0.15, 0.2) is 5.13 Å². The molecule has 2 N–H and O–H groups in total. The molecule has 1 aromatic rings. The standard InChI is InChI=1S/C14H26N4OS/c1-4-17(5-2)8-7-9-18(6-3)13(19)10-12-11-20-14(15)16-12/h11H,4-10H2,1-3H3,(H2,15,16). The maximum Gasteiger partial charge on any atom is 0.228 e. The quantitative estimate of drug-likeness (QED) is 0.756. The summed E-state index contributed by atoms with van der Waals surface area (Å²) in [5.41, 5.74) is 6.36. The Hall–Kier alpha value is -1.14. The van der Waals surface area contributed by atoms with E-state index < -0.39 is 0 Å². The first-order valence-corrected chi connectivity index (χ1v) is 8.18. The molecule has 0 aliphatic heterocycles. The van der Waals surface area contributed by atoms with Crippen molar-refractivity contribution in [3.8, 4) is 0 Å². The van der Waals surface area contributed by atoms with Crippen LogP contribution in [0.5, 0.6) is 0 Å². The summed E-state index contributed by atoms with van der Waals surface area (Å²) in [4.78, 5) is 20.6. The second-order valence-corrected chi connectivity index (χ2v) is 5.60. The molecule has 0 unspecified atom stereocenters. The third-order valence-electron chi connectivity index (χ3n) is 3.43. The van der Waals surface area contributed by atoms with Gasteiger partial charge in [-0.25, -0.2) is 4.98 Å². The minimum Gasteiger partial charge on any atom is -0.375 e. The first-order chi connectivity index (χ1) is 9.60. The number of nitrogens with zero attached hydrogens (tertiary/aromatic N) is 3. The van der Waals surface area contributed by atoms with Crippen LogP contribution in [0, 0.1) is 0 Å². The number of rotatable bonds is 9. The minimum absolute atomic E-state index is 0.136. The molecule has 1 heterocycles. The average molecular weight is 298 g/mol. The van der Waals surface area contributed by atoms with Crippen molar-refractivity contribution in [2.24, 2.45) is 0 Å². The van der Waals surface area contributed by atoms with Crippen LogP contribution in [0.2, 0.25) is 0 Å². The van der Waals surface area contributed by atoms with Gasteiger partial charge in [-0.05, 0) is 33.0 Å². The van der Waals surface area contributed by atoms with Gasteiger partial charge in [0.25, 0.3) is 0 Å². The van der Waals surface area contributed by atoms with Gasteiger partial charge in [-0.3, -0.25) is 4.79 Å². The average Bonchev–Trinajstić information content (AvgIpc) is 2.84. The Balaban J connectivity index is 2.39. The molecular formula is C14H26N4OS. The first kappa shape index (κ1) is 16.9. The number of thiazole rings is 1. The number of aromatic nitrogens is 1. The predicted molar refractivity (Wildman–Crippen MR) is 84.9 cm³/mol. The highest BCUT2D eigenvalue weighted by Gasteiger charge is 2.14. The first-order valence-electron chi connectivity index (χ1n) is 7.30. The molecule has 0 spiro atoms. The SMILES string of the molecule is CCN(CC)CCCN(CC)C(=O)Cc1csc(N)n1. The zero-order valence-corrected chi connectivity index (χ0v) is 13.6. The van der Waals surface area contributed by atoms with Crippen molar-refractivity contribution in [2.45, 2.75) is 33.6 Å². The van der Waals surface area contributed by atoms with E-state index in [1.165, 1.54) is 11.3 Å². The maximum atomic E-state index is 12.2. The summed E-state index contributed by atoms with van der Waals surface area (Å²) in [6.07, 6.45) is 1.37. The minimum atomic E-state index is 0.136. The Bertz CT molecular complexity index is 404. The summed E-state index contributed by atoms with van der Waals surface area (Å²) in [7, 11) is 0. The van der Waals surface area contributed by atoms with Gasteiger partial charge in [0, 0.05) is 18.5 Å². The number of carbonyl (C=O) groups is 1. The number of hydrogen-bond donors (Lipinski definition) is 1. The van der Waals surface area contributed by atoms with Gasteiger partial charge >= 0.3 is 0 Å². The third kappa shape index (κ3) is 5.46. The lowest BCUT2D eigenvalue weighted by atomic mass is 10.2. The van der Waals surface area contributed by atoms with Crippen LogP contribution in [0.4, 0.5) is 5.13 Å². The van der Waals surface area contributed by atoms with E-state index in [1.807, 2.05) is 17.2 Å². The molecule has 0 fully saturated rings. The van der Waals surface area contributed by atoms with Crippen LogP contribution in [0.15, 0.2) is 5.38 Å². The Kier molecular flexibility index (Phi) is 7.54. The van der Waals surface area contributed by atoms with Gasteiger partial charge in [-0.1, -0.05) is 13.8 Å². The Morgan fingerprint density at radius 3 is 2.45 bits per heavy atom. The van der Waals surface area contributed by atoms with E-state index in [1.54, 1.807) is 0 Å². The lowest BCUT2D eigenvalue weighted by Crippen LogP contribution is -2.35. The summed E-state index contributed by atoms with van der Waals surface area (Å²) < 4.78 is 0. The Labute approximate surface area is 125 Å². The van der Waals surface area contributed by atoms with Crippen molar-refractivity contribution in [2.75, 3.05) is 38.5 Å². The van der Waals surface area contributed by atoms with Crippen LogP contribution >= 0.6 is 11.3 Å². The van der Waals surface area contributed by atoms with Crippen LogP contribution in [0.1, 0.15) is 32.9 Å². The molecule has 0 aliphatic carbocycles. The molecule has 0 atom stereocenters. The number of amides is 1. The zero-order chi connectivity index (χ0) is 15.0. The number of anilines is 1. The van der Waals surface area contributed by atoms with Crippen molar-refractivity contribution >= 4 is 22.4 Å². The molecule has 1 rings (SSSR count). The fourth-order valence-electron chi connectivity index (χ4n) is 2.15. The normalized spacial score (nSPS) is 11.0. The highest BCUT2D eigenvalue weighted by molar-refractivity contribution is 7.13. The molecule has 0 aliphatic rings. The fraction of sp³-hybridized carbons (Fsp3) is 0.714. The highest BCUT2D eigenvalue weighted by Crippen LogP contribution is 2.12. The largest absolute Gasteiger partial charge is 0.375 e. The van der Waals surface area contributed by atoms with Crippen LogP contribution in [0.3, 0.4) is 0 Å². The van der Waals surface area contributed by atoms with E-state index in [4.69, 9.17) is 5.73 Å². The lowest BCUT2D eigenvalue weighted by Gasteiger charge is -2.23. The van der Waals surface area contributed by atoms with Crippen molar-refractivity contribution in [1.82, 2.24) is 14.8 Å². The fourth-order valence-corrected chi connectivity index (χ4v) is 2.72. The van der Waals surface area contributed by atoms with Gasteiger partial charge in [-0.2, -0.15) is 0 Å². The molecule has 1 aromatic heterocycles. The highest BCUT2D eigenvalue weighted by atomic mass is 32.1.